The van der Waals surface area contributed by atoms with Crippen LogP contribution in [0.4, 0.5) is 0 Å². The van der Waals surface area contributed by atoms with Crippen LogP contribution in [-0.2, 0) is 0 Å². The summed E-state index contributed by atoms with van der Waals surface area (Å²) in [6.07, 6.45) is 3.47. The Morgan fingerprint density at radius 1 is 1.38 bits per heavy atom. The lowest BCUT2D eigenvalue weighted by Gasteiger charge is -2.00. The van der Waals surface area contributed by atoms with Gasteiger partial charge in [0.25, 0.3) is 0 Å². The fraction of sp³-hybridized carbons (Fsp3) is 0. The minimum atomic E-state index is 0.693. The fourth-order valence-corrected chi connectivity index (χ4v) is 1.66. The first-order valence-corrected chi connectivity index (χ1v) is 4.89. The molecule has 0 fully saturated rings. The van der Waals surface area contributed by atoms with Gasteiger partial charge < -0.3 is 4.98 Å². The Labute approximate surface area is 89.1 Å². The zero-order chi connectivity index (χ0) is 9.26. The van der Waals surface area contributed by atoms with Crippen LogP contribution in [0.5, 0.6) is 0 Å². The van der Waals surface area contributed by atoms with Gasteiger partial charge in [-0.15, -0.1) is 0 Å². The van der Waals surface area contributed by atoms with Crippen molar-refractivity contribution in [2.24, 2.45) is 0 Å². The molecular weight excluding hydrogens is 251 g/mol. The second kappa shape index (κ2) is 3.52. The van der Waals surface area contributed by atoms with Crippen LogP contribution in [0.2, 0.25) is 5.02 Å². The number of aromatic amines is 1. The quantitative estimate of drug-likeness (QED) is 0.832. The van der Waals surface area contributed by atoms with Crippen LogP contribution in [0.15, 0.2) is 35.1 Å². The zero-order valence-electron chi connectivity index (χ0n) is 6.59. The highest BCUT2D eigenvalue weighted by Crippen LogP contribution is 2.27. The number of aromatic nitrogens is 2. The zero-order valence-corrected chi connectivity index (χ0v) is 8.93. The Morgan fingerprint density at radius 3 is 2.92 bits per heavy atom. The van der Waals surface area contributed by atoms with E-state index in [1.807, 2.05) is 18.2 Å². The van der Waals surface area contributed by atoms with E-state index in [-0.39, 0.29) is 0 Å². The van der Waals surface area contributed by atoms with Crippen molar-refractivity contribution >= 4 is 27.5 Å². The summed E-state index contributed by atoms with van der Waals surface area (Å²) in [5.74, 6) is 0.784. The van der Waals surface area contributed by atoms with Gasteiger partial charge in [0.1, 0.15) is 5.82 Å². The molecule has 0 aliphatic carbocycles. The largest absolute Gasteiger partial charge is 0.345 e. The number of imidazole rings is 1. The summed E-state index contributed by atoms with van der Waals surface area (Å²) in [5, 5.41) is 0.693. The van der Waals surface area contributed by atoms with Gasteiger partial charge in [0.15, 0.2) is 0 Å². The molecule has 1 N–H and O–H groups in total. The summed E-state index contributed by atoms with van der Waals surface area (Å²) in [6.45, 7) is 0. The second-order valence-electron chi connectivity index (χ2n) is 2.56. The first kappa shape index (κ1) is 8.78. The number of halogens is 2. The molecule has 2 rings (SSSR count). The SMILES string of the molecule is Clc1ccc(Br)cc1-c1ncc[nH]1. The molecule has 0 saturated carbocycles. The Balaban J connectivity index is 2.57. The number of nitrogens with zero attached hydrogens (tertiary/aromatic N) is 1. The van der Waals surface area contributed by atoms with Crippen molar-refractivity contribution in [3.05, 3.63) is 40.1 Å². The van der Waals surface area contributed by atoms with Crippen molar-refractivity contribution in [1.29, 1.82) is 0 Å². The topological polar surface area (TPSA) is 28.7 Å². The van der Waals surface area contributed by atoms with Crippen molar-refractivity contribution in [2.75, 3.05) is 0 Å². The van der Waals surface area contributed by atoms with Gasteiger partial charge in [0, 0.05) is 22.4 Å². The van der Waals surface area contributed by atoms with Gasteiger partial charge in [-0.1, -0.05) is 27.5 Å². The van der Waals surface area contributed by atoms with Crippen LogP contribution in [0.25, 0.3) is 11.4 Å². The van der Waals surface area contributed by atoms with Crippen molar-refractivity contribution < 1.29 is 0 Å². The van der Waals surface area contributed by atoms with E-state index < -0.39 is 0 Å². The number of rotatable bonds is 1. The Kier molecular flexibility index (Phi) is 2.38. The minimum Gasteiger partial charge on any atom is -0.345 e. The van der Waals surface area contributed by atoms with Gasteiger partial charge in [-0.25, -0.2) is 4.98 Å². The molecule has 0 atom stereocenters. The molecule has 13 heavy (non-hydrogen) atoms. The van der Waals surface area contributed by atoms with E-state index in [9.17, 15) is 0 Å². The lowest BCUT2D eigenvalue weighted by atomic mass is 10.2. The lowest BCUT2D eigenvalue weighted by Crippen LogP contribution is -1.81. The molecular formula is C9H6BrClN2. The highest BCUT2D eigenvalue weighted by atomic mass is 79.9. The molecule has 0 amide bonds. The van der Waals surface area contributed by atoms with Crippen LogP contribution in [0, 0.1) is 0 Å². The van der Waals surface area contributed by atoms with E-state index in [4.69, 9.17) is 11.6 Å². The average molecular weight is 258 g/mol. The van der Waals surface area contributed by atoms with Crippen molar-refractivity contribution in [3.63, 3.8) is 0 Å². The second-order valence-corrected chi connectivity index (χ2v) is 3.88. The lowest BCUT2D eigenvalue weighted by molar-refractivity contribution is 1.31. The highest BCUT2D eigenvalue weighted by molar-refractivity contribution is 9.10. The number of hydrogen-bond donors (Lipinski definition) is 1. The van der Waals surface area contributed by atoms with Crippen molar-refractivity contribution in [2.45, 2.75) is 0 Å². The summed E-state index contributed by atoms with van der Waals surface area (Å²) < 4.78 is 0.989. The van der Waals surface area contributed by atoms with E-state index in [0.29, 0.717) is 5.02 Å². The molecule has 1 heterocycles. The van der Waals surface area contributed by atoms with Gasteiger partial charge >= 0.3 is 0 Å². The standard InChI is InChI=1S/C9H6BrClN2/c10-6-1-2-8(11)7(5-6)9-12-3-4-13-9/h1-5H,(H,12,13). The molecule has 0 radical (unpaired) electrons. The molecule has 1 aromatic heterocycles. The highest BCUT2D eigenvalue weighted by Gasteiger charge is 2.05. The molecule has 66 valence electrons. The molecule has 0 unspecified atom stereocenters. The molecule has 0 aliphatic rings. The maximum Gasteiger partial charge on any atom is 0.138 e. The van der Waals surface area contributed by atoms with E-state index in [2.05, 4.69) is 25.9 Å². The Morgan fingerprint density at radius 2 is 2.23 bits per heavy atom. The van der Waals surface area contributed by atoms with Crippen LogP contribution in [0.3, 0.4) is 0 Å². The summed E-state index contributed by atoms with van der Waals surface area (Å²) in [4.78, 5) is 7.13. The van der Waals surface area contributed by atoms with E-state index >= 15 is 0 Å². The molecule has 4 heteroatoms. The van der Waals surface area contributed by atoms with Crippen molar-refractivity contribution in [1.82, 2.24) is 9.97 Å². The van der Waals surface area contributed by atoms with Crippen LogP contribution in [-0.4, -0.2) is 9.97 Å². The van der Waals surface area contributed by atoms with Crippen LogP contribution in [0.1, 0.15) is 0 Å². The van der Waals surface area contributed by atoms with Crippen LogP contribution < -0.4 is 0 Å². The maximum atomic E-state index is 6.01. The molecule has 0 aliphatic heterocycles. The molecule has 1 aromatic carbocycles. The fourth-order valence-electron chi connectivity index (χ4n) is 1.09. The summed E-state index contributed by atoms with van der Waals surface area (Å²) in [5.41, 5.74) is 0.904. The van der Waals surface area contributed by atoms with Crippen LogP contribution >= 0.6 is 27.5 Å². The number of hydrogen-bond acceptors (Lipinski definition) is 1. The van der Waals surface area contributed by atoms with Gasteiger partial charge in [-0.3, -0.25) is 0 Å². The number of benzene rings is 1. The third-order valence-corrected chi connectivity index (χ3v) is 2.50. The molecule has 0 spiro atoms. The minimum absolute atomic E-state index is 0.693. The van der Waals surface area contributed by atoms with Gasteiger partial charge in [-0.2, -0.15) is 0 Å². The first-order chi connectivity index (χ1) is 6.27. The third kappa shape index (κ3) is 1.76. The van der Waals surface area contributed by atoms with E-state index in [1.165, 1.54) is 0 Å². The summed E-state index contributed by atoms with van der Waals surface area (Å²) >= 11 is 9.39. The molecule has 0 bridgehead atoms. The number of H-pyrrole nitrogens is 1. The Bertz CT molecular complexity index is 412. The predicted molar refractivity (Wildman–Crippen MR) is 56.7 cm³/mol. The third-order valence-electron chi connectivity index (χ3n) is 1.68. The maximum absolute atomic E-state index is 6.01. The van der Waals surface area contributed by atoms with E-state index in [0.717, 1.165) is 15.9 Å². The summed E-state index contributed by atoms with van der Waals surface area (Å²) in [7, 11) is 0. The summed E-state index contributed by atoms with van der Waals surface area (Å²) in [6, 6.07) is 5.67. The average Bonchev–Trinajstić information content (AvgIpc) is 2.61. The van der Waals surface area contributed by atoms with Gasteiger partial charge in [0.05, 0.1) is 5.02 Å². The smallest absolute Gasteiger partial charge is 0.138 e. The predicted octanol–water partition coefficient (Wildman–Crippen LogP) is 3.49. The van der Waals surface area contributed by atoms with Crippen molar-refractivity contribution in [3.8, 4) is 11.4 Å². The van der Waals surface area contributed by atoms with Gasteiger partial charge in [0.2, 0.25) is 0 Å². The Hall–Kier alpha value is -0.800. The monoisotopic (exact) mass is 256 g/mol. The molecule has 2 aromatic rings. The normalized spacial score (nSPS) is 10.3. The molecule has 0 saturated heterocycles. The van der Waals surface area contributed by atoms with Gasteiger partial charge in [-0.05, 0) is 18.2 Å². The number of nitrogens with one attached hydrogen (secondary N) is 1. The first-order valence-electron chi connectivity index (χ1n) is 3.72. The van der Waals surface area contributed by atoms with E-state index in [1.54, 1.807) is 12.4 Å². The molecule has 2 nitrogen and oxygen atoms in total.